The largest absolute Gasteiger partial charge is 0.396 e. The standard InChI is InChI=1S/C16H25NO2/c1-12(2)13(3)11-16(19)17-15(9-10-18)14-7-5-4-6-8-14/h4-8,12-13,15,18H,9-11H2,1-3H3,(H,17,19). The quantitative estimate of drug-likeness (QED) is 0.794. The molecule has 2 unspecified atom stereocenters. The van der Waals surface area contributed by atoms with Crippen molar-refractivity contribution >= 4 is 5.91 Å². The highest BCUT2D eigenvalue weighted by atomic mass is 16.3. The van der Waals surface area contributed by atoms with Gasteiger partial charge < -0.3 is 10.4 Å². The molecule has 3 nitrogen and oxygen atoms in total. The fraction of sp³-hybridized carbons (Fsp3) is 0.562. The van der Waals surface area contributed by atoms with Gasteiger partial charge in [-0.1, -0.05) is 51.1 Å². The second kappa shape index (κ2) is 7.95. The van der Waals surface area contributed by atoms with E-state index >= 15 is 0 Å². The molecule has 2 atom stereocenters. The van der Waals surface area contributed by atoms with Crippen LogP contribution in [-0.4, -0.2) is 17.6 Å². The maximum atomic E-state index is 12.0. The third-order valence-corrected chi connectivity index (χ3v) is 3.60. The molecule has 1 aromatic rings. The summed E-state index contributed by atoms with van der Waals surface area (Å²) in [6.07, 6.45) is 1.08. The zero-order valence-corrected chi connectivity index (χ0v) is 12.1. The summed E-state index contributed by atoms with van der Waals surface area (Å²) >= 11 is 0. The van der Waals surface area contributed by atoms with E-state index < -0.39 is 0 Å². The van der Waals surface area contributed by atoms with Crippen molar-refractivity contribution in [3.8, 4) is 0 Å². The lowest BCUT2D eigenvalue weighted by atomic mass is 9.94. The third-order valence-electron chi connectivity index (χ3n) is 3.60. The molecular weight excluding hydrogens is 238 g/mol. The summed E-state index contributed by atoms with van der Waals surface area (Å²) in [7, 11) is 0. The number of carbonyl (C=O) groups excluding carboxylic acids is 1. The smallest absolute Gasteiger partial charge is 0.220 e. The van der Waals surface area contributed by atoms with Crippen LogP contribution in [0.15, 0.2) is 30.3 Å². The Morgan fingerprint density at radius 1 is 1.21 bits per heavy atom. The molecule has 0 saturated heterocycles. The first-order chi connectivity index (χ1) is 9.04. The van der Waals surface area contributed by atoms with Crippen molar-refractivity contribution in [3.63, 3.8) is 0 Å². The van der Waals surface area contributed by atoms with E-state index in [4.69, 9.17) is 5.11 Å². The van der Waals surface area contributed by atoms with Crippen molar-refractivity contribution in [1.29, 1.82) is 0 Å². The Labute approximate surface area is 116 Å². The summed E-state index contributed by atoms with van der Waals surface area (Å²) < 4.78 is 0. The summed E-state index contributed by atoms with van der Waals surface area (Å²) in [4.78, 5) is 12.0. The van der Waals surface area contributed by atoms with Crippen LogP contribution in [0.2, 0.25) is 0 Å². The highest BCUT2D eigenvalue weighted by Gasteiger charge is 2.17. The molecule has 0 saturated carbocycles. The van der Waals surface area contributed by atoms with E-state index in [2.05, 4.69) is 26.1 Å². The van der Waals surface area contributed by atoms with Gasteiger partial charge >= 0.3 is 0 Å². The molecule has 0 bridgehead atoms. The Hall–Kier alpha value is -1.35. The van der Waals surface area contributed by atoms with Crippen molar-refractivity contribution < 1.29 is 9.90 Å². The van der Waals surface area contributed by atoms with E-state index in [-0.39, 0.29) is 18.6 Å². The van der Waals surface area contributed by atoms with E-state index in [0.717, 1.165) is 5.56 Å². The van der Waals surface area contributed by atoms with Gasteiger partial charge in [0.2, 0.25) is 5.91 Å². The van der Waals surface area contributed by atoms with Crippen LogP contribution in [0.5, 0.6) is 0 Å². The fourth-order valence-electron chi connectivity index (χ4n) is 1.92. The van der Waals surface area contributed by atoms with Gasteiger partial charge in [-0.3, -0.25) is 4.79 Å². The number of hydrogen-bond acceptors (Lipinski definition) is 2. The summed E-state index contributed by atoms with van der Waals surface area (Å²) in [5.74, 6) is 0.924. The van der Waals surface area contributed by atoms with E-state index in [1.54, 1.807) is 0 Å². The predicted molar refractivity (Wildman–Crippen MR) is 77.6 cm³/mol. The van der Waals surface area contributed by atoms with E-state index in [1.807, 2.05) is 30.3 Å². The second-order valence-electron chi connectivity index (χ2n) is 5.47. The fourth-order valence-corrected chi connectivity index (χ4v) is 1.92. The molecule has 0 aliphatic heterocycles. The summed E-state index contributed by atoms with van der Waals surface area (Å²) in [6, 6.07) is 9.70. The van der Waals surface area contributed by atoms with Gasteiger partial charge in [0.25, 0.3) is 0 Å². The van der Waals surface area contributed by atoms with Gasteiger partial charge in [0.1, 0.15) is 0 Å². The number of carbonyl (C=O) groups is 1. The highest BCUT2D eigenvalue weighted by molar-refractivity contribution is 5.76. The van der Waals surface area contributed by atoms with Gasteiger partial charge in [0, 0.05) is 13.0 Å². The number of amides is 1. The Morgan fingerprint density at radius 3 is 2.37 bits per heavy atom. The molecule has 2 N–H and O–H groups in total. The molecule has 1 amide bonds. The van der Waals surface area contributed by atoms with Crippen LogP contribution in [0, 0.1) is 11.8 Å². The Kier molecular flexibility index (Phi) is 6.57. The predicted octanol–water partition coefficient (Wildman–Crippen LogP) is 2.91. The number of nitrogens with one attached hydrogen (secondary N) is 1. The van der Waals surface area contributed by atoms with Crippen LogP contribution in [0.3, 0.4) is 0 Å². The van der Waals surface area contributed by atoms with Crippen molar-refractivity contribution in [2.45, 2.75) is 39.7 Å². The number of hydrogen-bond donors (Lipinski definition) is 2. The molecule has 0 heterocycles. The van der Waals surface area contributed by atoms with Crippen molar-refractivity contribution in [3.05, 3.63) is 35.9 Å². The average molecular weight is 263 g/mol. The van der Waals surface area contributed by atoms with E-state index in [9.17, 15) is 4.79 Å². The minimum Gasteiger partial charge on any atom is -0.396 e. The van der Waals surface area contributed by atoms with Crippen LogP contribution in [0.25, 0.3) is 0 Å². The van der Waals surface area contributed by atoms with E-state index in [0.29, 0.717) is 24.7 Å². The molecule has 0 radical (unpaired) electrons. The SMILES string of the molecule is CC(C)C(C)CC(=O)NC(CCO)c1ccccc1. The molecule has 0 fully saturated rings. The van der Waals surface area contributed by atoms with Gasteiger partial charge in [-0.25, -0.2) is 0 Å². The summed E-state index contributed by atoms with van der Waals surface area (Å²) in [5, 5.41) is 12.2. The van der Waals surface area contributed by atoms with Crippen LogP contribution in [-0.2, 0) is 4.79 Å². The number of rotatable bonds is 7. The first-order valence-electron chi connectivity index (χ1n) is 6.99. The molecule has 3 heteroatoms. The van der Waals surface area contributed by atoms with Crippen molar-refractivity contribution in [1.82, 2.24) is 5.32 Å². The Morgan fingerprint density at radius 2 is 1.84 bits per heavy atom. The van der Waals surface area contributed by atoms with Gasteiger partial charge in [0.15, 0.2) is 0 Å². The molecule has 0 aliphatic carbocycles. The normalized spacial score (nSPS) is 14.2. The number of aliphatic hydroxyl groups is 1. The third kappa shape index (κ3) is 5.43. The minimum atomic E-state index is -0.0990. The molecule has 1 aromatic carbocycles. The topological polar surface area (TPSA) is 49.3 Å². The van der Waals surface area contributed by atoms with Crippen molar-refractivity contribution in [2.24, 2.45) is 11.8 Å². The maximum absolute atomic E-state index is 12.0. The number of aliphatic hydroxyl groups excluding tert-OH is 1. The lowest BCUT2D eigenvalue weighted by Crippen LogP contribution is -2.31. The molecule has 106 valence electrons. The first-order valence-corrected chi connectivity index (χ1v) is 6.99. The van der Waals surface area contributed by atoms with Gasteiger partial charge in [-0.05, 0) is 23.8 Å². The Balaban J connectivity index is 2.61. The average Bonchev–Trinajstić information content (AvgIpc) is 2.39. The van der Waals surface area contributed by atoms with Gasteiger partial charge in [-0.15, -0.1) is 0 Å². The van der Waals surface area contributed by atoms with Gasteiger partial charge in [0.05, 0.1) is 6.04 Å². The highest BCUT2D eigenvalue weighted by Crippen LogP contribution is 2.18. The monoisotopic (exact) mass is 263 g/mol. The minimum absolute atomic E-state index is 0.0588. The van der Waals surface area contributed by atoms with Crippen LogP contribution in [0.1, 0.15) is 45.2 Å². The second-order valence-corrected chi connectivity index (χ2v) is 5.47. The molecule has 19 heavy (non-hydrogen) atoms. The number of benzene rings is 1. The zero-order valence-electron chi connectivity index (χ0n) is 12.1. The zero-order chi connectivity index (χ0) is 14.3. The lowest BCUT2D eigenvalue weighted by Gasteiger charge is -2.21. The lowest BCUT2D eigenvalue weighted by molar-refractivity contribution is -0.123. The van der Waals surface area contributed by atoms with Crippen LogP contribution >= 0.6 is 0 Å². The van der Waals surface area contributed by atoms with E-state index in [1.165, 1.54) is 0 Å². The molecule has 1 rings (SSSR count). The van der Waals surface area contributed by atoms with Crippen LogP contribution in [0.4, 0.5) is 0 Å². The summed E-state index contributed by atoms with van der Waals surface area (Å²) in [6.45, 7) is 6.41. The Bertz CT molecular complexity index is 376. The molecule has 0 aliphatic rings. The molecule has 0 aromatic heterocycles. The first kappa shape index (κ1) is 15.7. The maximum Gasteiger partial charge on any atom is 0.220 e. The molecule has 0 spiro atoms. The van der Waals surface area contributed by atoms with Crippen LogP contribution < -0.4 is 5.32 Å². The van der Waals surface area contributed by atoms with Crippen molar-refractivity contribution in [2.75, 3.05) is 6.61 Å². The summed E-state index contributed by atoms with van der Waals surface area (Å²) in [5.41, 5.74) is 1.04. The van der Waals surface area contributed by atoms with Gasteiger partial charge in [-0.2, -0.15) is 0 Å². The molecular formula is C16H25NO2.